The molecule has 2 rings (SSSR count). The number of hydrogen-bond donors (Lipinski definition) is 2. The summed E-state index contributed by atoms with van der Waals surface area (Å²) in [7, 11) is 0. The van der Waals surface area contributed by atoms with Gasteiger partial charge in [-0.2, -0.15) is 0 Å². The molecule has 0 atom stereocenters. The van der Waals surface area contributed by atoms with Crippen molar-refractivity contribution in [2.75, 3.05) is 11.9 Å². The van der Waals surface area contributed by atoms with Crippen LogP contribution < -0.4 is 15.8 Å². The Morgan fingerprint density at radius 1 is 1.29 bits per heavy atom. The van der Waals surface area contributed by atoms with Crippen LogP contribution in [0, 0.1) is 5.82 Å². The number of hydrogen-bond acceptors (Lipinski definition) is 3. The van der Waals surface area contributed by atoms with Crippen LogP contribution in [0.1, 0.15) is 5.56 Å². The summed E-state index contributed by atoms with van der Waals surface area (Å²) >= 11 is 5.72. The van der Waals surface area contributed by atoms with Crippen molar-refractivity contribution in [2.24, 2.45) is 5.73 Å². The van der Waals surface area contributed by atoms with Crippen LogP contribution in [0.4, 0.5) is 10.1 Å². The third kappa shape index (κ3) is 4.36. The molecular formula is C15H14ClFN2O2. The van der Waals surface area contributed by atoms with Crippen molar-refractivity contribution in [3.05, 3.63) is 58.9 Å². The number of amides is 1. The lowest BCUT2D eigenvalue weighted by Gasteiger charge is -2.12. The van der Waals surface area contributed by atoms with Gasteiger partial charge in [0.05, 0.1) is 5.02 Å². The van der Waals surface area contributed by atoms with E-state index >= 15 is 0 Å². The molecule has 1 amide bonds. The van der Waals surface area contributed by atoms with Gasteiger partial charge in [0, 0.05) is 17.8 Å². The van der Waals surface area contributed by atoms with E-state index in [1.54, 1.807) is 18.2 Å². The van der Waals surface area contributed by atoms with Gasteiger partial charge in [0.25, 0.3) is 5.91 Å². The number of ether oxygens (including phenoxy) is 1. The summed E-state index contributed by atoms with van der Waals surface area (Å²) < 4.78 is 18.4. The average molecular weight is 309 g/mol. The molecule has 0 unspecified atom stereocenters. The maximum atomic E-state index is 13.1. The van der Waals surface area contributed by atoms with Crippen LogP contribution in [0.5, 0.6) is 5.75 Å². The van der Waals surface area contributed by atoms with Crippen molar-refractivity contribution < 1.29 is 13.9 Å². The summed E-state index contributed by atoms with van der Waals surface area (Å²) in [6.07, 6.45) is 0. The largest absolute Gasteiger partial charge is 0.483 e. The molecule has 2 aromatic rings. The highest BCUT2D eigenvalue weighted by molar-refractivity contribution is 6.31. The second-order valence-corrected chi connectivity index (χ2v) is 4.75. The summed E-state index contributed by atoms with van der Waals surface area (Å²) in [6, 6.07) is 11.6. The molecular weight excluding hydrogens is 295 g/mol. The van der Waals surface area contributed by atoms with Crippen LogP contribution in [0.25, 0.3) is 0 Å². The second-order valence-electron chi connectivity index (χ2n) is 4.35. The first-order chi connectivity index (χ1) is 10.1. The van der Waals surface area contributed by atoms with E-state index in [0.29, 0.717) is 18.0 Å². The van der Waals surface area contributed by atoms with Crippen molar-refractivity contribution in [2.45, 2.75) is 6.54 Å². The molecule has 0 spiro atoms. The summed E-state index contributed by atoms with van der Waals surface area (Å²) in [5, 5.41) is 3.16. The van der Waals surface area contributed by atoms with E-state index in [-0.39, 0.29) is 11.6 Å². The Kier molecular flexibility index (Phi) is 5.00. The van der Waals surface area contributed by atoms with Gasteiger partial charge in [0.2, 0.25) is 0 Å². The van der Waals surface area contributed by atoms with Crippen LogP contribution in [0.3, 0.4) is 0 Å². The number of benzene rings is 2. The van der Waals surface area contributed by atoms with Crippen molar-refractivity contribution in [3.8, 4) is 5.75 Å². The Balaban J connectivity index is 2.05. The standard InChI is InChI=1S/C15H14ClFN2O2/c16-12-7-11(5-6-13(12)17)19-8-10-3-1-2-4-14(10)21-9-15(18)20/h1-7,19H,8-9H2,(H2,18,20). The van der Waals surface area contributed by atoms with Gasteiger partial charge in [-0.1, -0.05) is 29.8 Å². The number of anilines is 1. The number of carbonyl (C=O) groups is 1. The summed E-state index contributed by atoms with van der Waals surface area (Å²) in [5.74, 6) is -0.438. The zero-order valence-electron chi connectivity index (χ0n) is 11.1. The number of primary amides is 1. The lowest BCUT2D eigenvalue weighted by molar-refractivity contribution is -0.119. The monoisotopic (exact) mass is 308 g/mol. The first-order valence-electron chi connectivity index (χ1n) is 6.24. The molecule has 0 bridgehead atoms. The van der Waals surface area contributed by atoms with Crippen LogP contribution in [0.2, 0.25) is 5.02 Å². The molecule has 0 radical (unpaired) electrons. The normalized spacial score (nSPS) is 10.2. The van der Waals surface area contributed by atoms with Gasteiger partial charge in [-0.15, -0.1) is 0 Å². The molecule has 4 nitrogen and oxygen atoms in total. The summed E-state index contributed by atoms with van der Waals surface area (Å²) in [5.41, 5.74) is 6.59. The van der Waals surface area contributed by atoms with Crippen LogP contribution in [0.15, 0.2) is 42.5 Å². The van der Waals surface area contributed by atoms with E-state index in [2.05, 4.69) is 5.32 Å². The lowest BCUT2D eigenvalue weighted by atomic mass is 10.2. The van der Waals surface area contributed by atoms with Gasteiger partial charge in [0.15, 0.2) is 6.61 Å². The maximum absolute atomic E-state index is 13.1. The fourth-order valence-corrected chi connectivity index (χ4v) is 1.92. The zero-order valence-corrected chi connectivity index (χ0v) is 11.9. The van der Waals surface area contributed by atoms with Gasteiger partial charge < -0.3 is 15.8 Å². The number of carbonyl (C=O) groups excluding carboxylic acids is 1. The molecule has 6 heteroatoms. The molecule has 0 fully saturated rings. The summed E-state index contributed by atoms with van der Waals surface area (Å²) in [6.45, 7) is 0.260. The fourth-order valence-electron chi connectivity index (χ4n) is 1.74. The highest BCUT2D eigenvalue weighted by Crippen LogP contribution is 2.22. The maximum Gasteiger partial charge on any atom is 0.255 e. The molecule has 21 heavy (non-hydrogen) atoms. The third-order valence-corrected chi connectivity index (χ3v) is 3.03. The Morgan fingerprint density at radius 2 is 2.05 bits per heavy atom. The quantitative estimate of drug-likeness (QED) is 0.862. The molecule has 0 aliphatic carbocycles. The van der Waals surface area contributed by atoms with E-state index in [0.717, 1.165) is 5.56 Å². The van der Waals surface area contributed by atoms with Crippen molar-refractivity contribution in [1.82, 2.24) is 0 Å². The minimum Gasteiger partial charge on any atom is -0.483 e. The van der Waals surface area contributed by atoms with Gasteiger partial charge in [-0.25, -0.2) is 4.39 Å². The van der Waals surface area contributed by atoms with E-state index in [9.17, 15) is 9.18 Å². The lowest BCUT2D eigenvalue weighted by Crippen LogP contribution is -2.20. The third-order valence-electron chi connectivity index (χ3n) is 2.75. The zero-order chi connectivity index (χ0) is 15.2. The van der Waals surface area contributed by atoms with Crippen LogP contribution in [-0.2, 0) is 11.3 Å². The number of nitrogens with one attached hydrogen (secondary N) is 1. The van der Waals surface area contributed by atoms with Gasteiger partial charge in [-0.3, -0.25) is 4.79 Å². The average Bonchev–Trinajstić information content (AvgIpc) is 2.47. The minimum atomic E-state index is -0.539. The smallest absolute Gasteiger partial charge is 0.255 e. The first kappa shape index (κ1) is 15.1. The SMILES string of the molecule is NC(=O)COc1ccccc1CNc1ccc(F)c(Cl)c1. The van der Waals surface area contributed by atoms with E-state index in [4.69, 9.17) is 22.1 Å². The second kappa shape index (κ2) is 6.95. The highest BCUT2D eigenvalue weighted by Gasteiger charge is 2.05. The van der Waals surface area contributed by atoms with Crippen LogP contribution in [-0.4, -0.2) is 12.5 Å². The summed E-state index contributed by atoms with van der Waals surface area (Å²) in [4.78, 5) is 10.8. The number of para-hydroxylation sites is 1. The number of halogens is 2. The Bertz CT molecular complexity index is 649. The van der Waals surface area contributed by atoms with Gasteiger partial charge >= 0.3 is 0 Å². The molecule has 0 heterocycles. The number of nitrogens with two attached hydrogens (primary N) is 1. The molecule has 0 aromatic heterocycles. The van der Waals surface area contributed by atoms with E-state index in [1.807, 2.05) is 12.1 Å². The minimum absolute atomic E-state index is 0.0539. The van der Waals surface area contributed by atoms with Gasteiger partial charge in [-0.05, 0) is 24.3 Å². The van der Waals surface area contributed by atoms with Crippen LogP contribution >= 0.6 is 11.6 Å². The topological polar surface area (TPSA) is 64.4 Å². The van der Waals surface area contributed by atoms with E-state index < -0.39 is 11.7 Å². The Labute approximate surface area is 126 Å². The molecule has 110 valence electrons. The Morgan fingerprint density at radius 3 is 2.76 bits per heavy atom. The predicted molar refractivity (Wildman–Crippen MR) is 79.9 cm³/mol. The highest BCUT2D eigenvalue weighted by atomic mass is 35.5. The molecule has 3 N–H and O–H groups in total. The molecule has 0 saturated heterocycles. The number of rotatable bonds is 6. The molecule has 0 aliphatic heterocycles. The Hall–Kier alpha value is -2.27. The molecule has 0 aliphatic rings. The molecule has 2 aromatic carbocycles. The van der Waals surface area contributed by atoms with Crippen molar-refractivity contribution in [1.29, 1.82) is 0 Å². The van der Waals surface area contributed by atoms with E-state index in [1.165, 1.54) is 12.1 Å². The predicted octanol–water partition coefficient (Wildman–Crippen LogP) is 2.96. The van der Waals surface area contributed by atoms with Gasteiger partial charge in [0.1, 0.15) is 11.6 Å². The molecule has 0 saturated carbocycles. The fraction of sp³-hybridized carbons (Fsp3) is 0.133. The first-order valence-corrected chi connectivity index (χ1v) is 6.62. The van der Waals surface area contributed by atoms with Crippen molar-refractivity contribution >= 4 is 23.2 Å². The van der Waals surface area contributed by atoms with Crippen molar-refractivity contribution in [3.63, 3.8) is 0 Å².